The Balaban J connectivity index is 1.54. The first kappa shape index (κ1) is 18.4. The molecular formula is C20H31N3O2. The van der Waals surface area contributed by atoms with E-state index in [1.807, 2.05) is 0 Å². The van der Waals surface area contributed by atoms with Gasteiger partial charge < -0.3 is 15.8 Å². The minimum atomic E-state index is -0.429. The van der Waals surface area contributed by atoms with Gasteiger partial charge in [0.1, 0.15) is 0 Å². The van der Waals surface area contributed by atoms with E-state index in [1.54, 1.807) is 0 Å². The zero-order valence-electron chi connectivity index (χ0n) is 15.5. The molecule has 1 atom stereocenters. The SMILES string of the molecule is CC(C)(CNC(=O)C(N)C1CCOCC1)N1CCc2ccccc2C1. The minimum absolute atomic E-state index is 0.0302. The third kappa shape index (κ3) is 4.40. The molecule has 1 aromatic carbocycles. The molecule has 0 spiro atoms. The van der Waals surface area contributed by atoms with Crippen molar-refractivity contribution in [3.63, 3.8) is 0 Å². The summed E-state index contributed by atoms with van der Waals surface area (Å²) in [7, 11) is 0. The number of benzene rings is 1. The normalized spacial score (nSPS) is 20.8. The maximum Gasteiger partial charge on any atom is 0.237 e. The van der Waals surface area contributed by atoms with Crippen molar-refractivity contribution >= 4 is 5.91 Å². The van der Waals surface area contributed by atoms with Crippen molar-refractivity contribution in [3.8, 4) is 0 Å². The summed E-state index contributed by atoms with van der Waals surface area (Å²) >= 11 is 0. The molecule has 1 amide bonds. The van der Waals surface area contributed by atoms with Crippen LogP contribution < -0.4 is 11.1 Å². The Bertz CT molecular complexity index is 596. The monoisotopic (exact) mass is 345 g/mol. The fourth-order valence-corrected chi connectivity index (χ4v) is 3.83. The number of hydrogen-bond donors (Lipinski definition) is 2. The summed E-state index contributed by atoms with van der Waals surface area (Å²) in [5.74, 6) is 0.205. The number of carbonyl (C=O) groups excluding carboxylic acids is 1. The minimum Gasteiger partial charge on any atom is -0.381 e. The Hall–Kier alpha value is -1.43. The van der Waals surface area contributed by atoms with Gasteiger partial charge in [-0.3, -0.25) is 9.69 Å². The molecule has 25 heavy (non-hydrogen) atoms. The van der Waals surface area contributed by atoms with Gasteiger partial charge in [-0.15, -0.1) is 0 Å². The van der Waals surface area contributed by atoms with Crippen molar-refractivity contribution in [1.82, 2.24) is 10.2 Å². The number of nitrogens with two attached hydrogens (primary N) is 1. The Morgan fingerprint density at radius 2 is 2.00 bits per heavy atom. The number of rotatable bonds is 5. The zero-order chi connectivity index (χ0) is 17.9. The van der Waals surface area contributed by atoms with Crippen LogP contribution in [0.25, 0.3) is 0 Å². The van der Waals surface area contributed by atoms with E-state index >= 15 is 0 Å². The largest absolute Gasteiger partial charge is 0.381 e. The first-order valence-electron chi connectivity index (χ1n) is 9.40. The number of nitrogens with zero attached hydrogens (tertiary/aromatic N) is 1. The maximum atomic E-state index is 12.5. The summed E-state index contributed by atoms with van der Waals surface area (Å²) in [6, 6.07) is 8.20. The summed E-state index contributed by atoms with van der Waals surface area (Å²) < 4.78 is 5.36. The lowest BCUT2D eigenvalue weighted by Crippen LogP contribution is -2.56. The van der Waals surface area contributed by atoms with Crippen molar-refractivity contribution in [1.29, 1.82) is 0 Å². The van der Waals surface area contributed by atoms with Gasteiger partial charge in [0.05, 0.1) is 6.04 Å². The topological polar surface area (TPSA) is 67.6 Å². The Morgan fingerprint density at radius 3 is 2.72 bits per heavy atom. The average molecular weight is 345 g/mol. The lowest BCUT2D eigenvalue weighted by Gasteiger charge is -2.42. The molecule has 1 aromatic rings. The molecule has 1 unspecified atom stereocenters. The molecule has 5 nitrogen and oxygen atoms in total. The first-order chi connectivity index (χ1) is 12.0. The number of hydrogen-bond acceptors (Lipinski definition) is 4. The summed E-state index contributed by atoms with van der Waals surface area (Å²) in [5, 5.41) is 3.09. The van der Waals surface area contributed by atoms with E-state index in [4.69, 9.17) is 10.5 Å². The maximum absolute atomic E-state index is 12.5. The molecule has 0 aromatic heterocycles. The Labute approximate surface area is 150 Å². The third-order valence-corrected chi connectivity index (χ3v) is 5.76. The van der Waals surface area contributed by atoms with Crippen LogP contribution in [0.15, 0.2) is 24.3 Å². The van der Waals surface area contributed by atoms with Gasteiger partial charge in [-0.2, -0.15) is 0 Å². The van der Waals surface area contributed by atoms with Gasteiger partial charge in [-0.1, -0.05) is 24.3 Å². The van der Waals surface area contributed by atoms with Gasteiger partial charge >= 0.3 is 0 Å². The van der Waals surface area contributed by atoms with E-state index in [1.165, 1.54) is 11.1 Å². The summed E-state index contributed by atoms with van der Waals surface area (Å²) in [6.45, 7) is 8.39. The van der Waals surface area contributed by atoms with Gasteiger partial charge in [0.2, 0.25) is 5.91 Å². The molecule has 2 aliphatic rings. The summed E-state index contributed by atoms with van der Waals surface area (Å²) in [5.41, 5.74) is 8.92. The van der Waals surface area contributed by atoms with Crippen LogP contribution in [0.5, 0.6) is 0 Å². The van der Waals surface area contributed by atoms with Gasteiger partial charge in [0, 0.05) is 38.4 Å². The van der Waals surface area contributed by atoms with Crippen LogP contribution in [0.2, 0.25) is 0 Å². The summed E-state index contributed by atoms with van der Waals surface area (Å²) in [6.07, 6.45) is 2.82. The lowest BCUT2D eigenvalue weighted by atomic mass is 9.91. The van der Waals surface area contributed by atoms with Crippen LogP contribution in [-0.4, -0.2) is 48.7 Å². The average Bonchev–Trinajstić information content (AvgIpc) is 2.66. The van der Waals surface area contributed by atoms with Gasteiger partial charge in [0.15, 0.2) is 0 Å². The van der Waals surface area contributed by atoms with Crippen LogP contribution in [0.3, 0.4) is 0 Å². The van der Waals surface area contributed by atoms with Crippen LogP contribution in [0.4, 0.5) is 0 Å². The number of carbonyl (C=O) groups is 1. The molecule has 1 fully saturated rings. The van der Waals surface area contributed by atoms with E-state index in [9.17, 15) is 4.79 Å². The lowest BCUT2D eigenvalue weighted by molar-refractivity contribution is -0.125. The molecule has 2 heterocycles. The van der Waals surface area contributed by atoms with E-state index < -0.39 is 6.04 Å². The van der Waals surface area contributed by atoms with E-state index in [-0.39, 0.29) is 17.4 Å². The van der Waals surface area contributed by atoms with Gasteiger partial charge in [-0.05, 0) is 50.2 Å². The second-order valence-electron chi connectivity index (χ2n) is 7.95. The second kappa shape index (κ2) is 7.85. The predicted molar refractivity (Wildman–Crippen MR) is 99.2 cm³/mol. The second-order valence-corrected chi connectivity index (χ2v) is 7.95. The highest BCUT2D eigenvalue weighted by atomic mass is 16.5. The number of nitrogens with one attached hydrogen (secondary N) is 1. The van der Waals surface area contributed by atoms with Crippen molar-refractivity contribution in [2.75, 3.05) is 26.3 Å². The van der Waals surface area contributed by atoms with Crippen LogP contribution in [-0.2, 0) is 22.5 Å². The van der Waals surface area contributed by atoms with Crippen molar-refractivity contribution in [2.24, 2.45) is 11.7 Å². The van der Waals surface area contributed by atoms with Crippen LogP contribution in [0.1, 0.15) is 37.8 Å². The van der Waals surface area contributed by atoms with Crippen molar-refractivity contribution in [2.45, 2.75) is 51.2 Å². The van der Waals surface area contributed by atoms with Crippen molar-refractivity contribution in [3.05, 3.63) is 35.4 Å². The molecule has 3 rings (SSSR count). The van der Waals surface area contributed by atoms with Gasteiger partial charge in [-0.25, -0.2) is 0 Å². The van der Waals surface area contributed by atoms with E-state index in [2.05, 4.69) is 48.3 Å². The fourth-order valence-electron chi connectivity index (χ4n) is 3.83. The molecule has 0 aliphatic carbocycles. The highest BCUT2D eigenvalue weighted by Gasteiger charge is 2.32. The van der Waals surface area contributed by atoms with Crippen LogP contribution in [0, 0.1) is 5.92 Å². The van der Waals surface area contributed by atoms with E-state index in [0.717, 1.165) is 32.4 Å². The molecule has 0 radical (unpaired) electrons. The van der Waals surface area contributed by atoms with E-state index in [0.29, 0.717) is 19.8 Å². The number of amides is 1. The Morgan fingerprint density at radius 1 is 1.32 bits per heavy atom. The standard InChI is InChI=1S/C20H31N3O2/c1-20(2,23-10-7-15-5-3-4-6-17(15)13-23)14-22-19(24)18(21)16-8-11-25-12-9-16/h3-6,16,18H,7-14,21H2,1-2H3,(H,22,24). The molecule has 3 N–H and O–H groups in total. The summed E-state index contributed by atoms with van der Waals surface area (Å²) in [4.78, 5) is 14.9. The molecule has 1 saturated heterocycles. The predicted octanol–water partition coefficient (Wildman–Crippen LogP) is 1.69. The highest BCUT2D eigenvalue weighted by Crippen LogP contribution is 2.25. The number of ether oxygens (including phenoxy) is 1. The zero-order valence-corrected chi connectivity index (χ0v) is 15.5. The highest BCUT2D eigenvalue weighted by molar-refractivity contribution is 5.81. The van der Waals surface area contributed by atoms with Crippen molar-refractivity contribution < 1.29 is 9.53 Å². The Kier molecular flexibility index (Phi) is 5.77. The molecule has 138 valence electrons. The number of fused-ring (bicyclic) bond motifs is 1. The quantitative estimate of drug-likeness (QED) is 0.852. The molecule has 0 saturated carbocycles. The molecule has 2 aliphatic heterocycles. The fraction of sp³-hybridized carbons (Fsp3) is 0.650. The third-order valence-electron chi connectivity index (χ3n) is 5.76. The molecular weight excluding hydrogens is 314 g/mol. The molecule has 5 heteroatoms. The van der Waals surface area contributed by atoms with Crippen LogP contribution >= 0.6 is 0 Å². The van der Waals surface area contributed by atoms with Gasteiger partial charge in [0.25, 0.3) is 0 Å². The molecule has 0 bridgehead atoms. The first-order valence-corrected chi connectivity index (χ1v) is 9.40. The smallest absolute Gasteiger partial charge is 0.237 e.